The summed E-state index contributed by atoms with van der Waals surface area (Å²) in [6.07, 6.45) is 3.74. The predicted molar refractivity (Wildman–Crippen MR) is 99.5 cm³/mol. The van der Waals surface area contributed by atoms with Gasteiger partial charge in [-0.1, -0.05) is 31.5 Å². The molecule has 2 rings (SSSR count). The van der Waals surface area contributed by atoms with Crippen molar-refractivity contribution < 1.29 is 9.18 Å². The van der Waals surface area contributed by atoms with Crippen LogP contribution in [-0.2, 0) is 10.2 Å². The maximum atomic E-state index is 14.1. The maximum Gasteiger partial charge on any atom is 0.220 e. The van der Waals surface area contributed by atoms with E-state index in [2.05, 4.69) is 10.6 Å². The molecule has 24 heavy (non-hydrogen) atoms. The van der Waals surface area contributed by atoms with Gasteiger partial charge in [0.05, 0.1) is 0 Å². The molecule has 0 bridgehead atoms. The van der Waals surface area contributed by atoms with Gasteiger partial charge in [0.2, 0.25) is 5.91 Å². The van der Waals surface area contributed by atoms with Gasteiger partial charge in [-0.25, -0.2) is 4.39 Å². The minimum absolute atomic E-state index is 0. The lowest BCUT2D eigenvalue weighted by molar-refractivity contribution is -0.121. The van der Waals surface area contributed by atoms with Gasteiger partial charge in [-0.15, -0.1) is 12.4 Å². The Morgan fingerprint density at radius 2 is 2.04 bits per heavy atom. The first-order chi connectivity index (χ1) is 10.9. The van der Waals surface area contributed by atoms with Crippen LogP contribution in [0, 0.1) is 11.7 Å². The molecule has 1 fully saturated rings. The average Bonchev–Trinajstić information content (AvgIpc) is 2.51. The second kappa shape index (κ2) is 9.59. The number of carbonyl (C=O) groups is 1. The molecule has 0 unspecified atom stereocenters. The summed E-state index contributed by atoms with van der Waals surface area (Å²) in [4.78, 5) is 12.1. The van der Waals surface area contributed by atoms with Gasteiger partial charge in [0.25, 0.3) is 0 Å². The van der Waals surface area contributed by atoms with E-state index in [-0.39, 0.29) is 24.1 Å². The summed E-state index contributed by atoms with van der Waals surface area (Å²) in [6, 6.07) is 4.68. The Bertz CT molecular complexity index is 526. The summed E-state index contributed by atoms with van der Waals surface area (Å²) in [6.45, 7) is 6.25. The third kappa shape index (κ3) is 5.91. The van der Waals surface area contributed by atoms with Gasteiger partial charge in [0.15, 0.2) is 0 Å². The molecule has 0 aromatic heterocycles. The minimum Gasteiger partial charge on any atom is -0.355 e. The molecule has 3 nitrogen and oxygen atoms in total. The number of hydrogen-bond acceptors (Lipinski definition) is 2. The number of carbonyl (C=O) groups excluding carboxylic acids is 1. The molecule has 2 N–H and O–H groups in total. The molecular weight excluding hydrogens is 350 g/mol. The Balaban J connectivity index is 0.00000288. The molecule has 0 radical (unpaired) electrons. The van der Waals surface area contributed by atoms with Gasteiger partial charge < -0.3 is 10.6 Å². The molecule has 1 heterocycles. The molecule has 0 saturated carbocycles. The van der Waals surface area contributed by atoms with E-state index in [9.17, 15) is 9.18 Å². The lowest BCUT2D eigenvalue weighted by Crippen LogP contribution is -2.37. The fourth-order valence-corrected chi connectivity index (χ4v) is 3.57. The molecule has 1 aliphatic heterocycles. The van der Waals surface area contributed by atoms with Gasteiger partial charge in [0, 0.05) is 29.0 Å². The number of piperidine rings is 1. The second-order valence-corrected chi connectivity index (χ2v) is 7.40. The molecule has 6 heteroatoms. The lowest BCUT2D eigenvalue weighted by Gasteiger charge is -2.27. The van der Waals surface area contributed by atoms with Crippen LogP contribution in [0.15, 0.2) is 18.2 Å². The van der Waals surface area contributed by atoms with Crippen LogP contribution in [0.5, 0.6) is 0 Å². The molecule has 1 amide bonds. The van der Waals surface area contributed by atoms with E-state index in [0.29, 0.717) is 29.5 Å². The zero-order valence-corrected chi connectivity index (χ0v) is 15.9. The van der Waals surface area contributed by atoms with E-state index in [1.54, 1.807) is 12.1 Å². The zero-order valence-electron chi connectivity index (χ0n) is 14.3. The predicted octanol–water partition coefficient (Wildman–Crippen LogP) is 4.07. The third-order valence-electron chi connectivity index (χ3n) is 4.61. The van der Waals surface area contributed by atoms with Crippen molar-refractivity contribution in [3.05, 3.63) is 34.6 Å². The van der Waals surface area contributed by atoms with E-state index >= 15 is 0 Å². The summed E-state index contributed by atoms with van der Waals surface area (Å²) in [5.41, 5.74) is -0.0901. The van der Waals surface area contributed by atoms with Crippen LogP contribution in [0.1, 0.15) is 45.1 Å². The number of benzene rings is 1. The van der Waals surface area contributed by atoms with Crippen molar-refractivity contribution in [1.29, 1.82) is 0 Å². The highest BCUT2D eigenvalue weighted by Gasteiger charge is 2.27. The van der Waals surface area contributed by atoms with Crippen molar-refractivity contribution in [2.45, 2.75) is 44.9 Å². The molecule has 0 aliphatic carbocycles. The first-order valence-corrected chi connectivity index (χ1v) is 8.70. The van der Waals surface area contributed by atoms with Gasteiger partial charge in [-0.05, 0) is 50.4 Å². The highest BCUT2D eigenvalue weighted by Crippen LogP contribution is 2.31. The summed E-state index contributed by atoms with van der Waals surface area (Å²) >= 11 is 6.13. The van der Waals surface area contributed by atoms with Crippen LogP contribution < -0.4 is 10.6 Å². The number of hydrogen-bond donors (Lipinski definition) is 2. The molecule has 1 saturated heterocycles. The quantitative estimate of drug-likeness (QED) is 0.785. The van der Waals surface area contributed by atoms with Crippen molar-refractivity contribution in [3.63, 3.8) is 0 Å². The normalized spacial score (nSPS) is 15.7. The van der Waals surface area contributed by atoms with Crippen LogP contribution in [0.3, 0.4) is 0 Å². The van der Waals surface area contributed by atoms with Gasteiger partial charge >= 0.3 is 0 Å². The molecule has 1 aliphatic rings. The molecule has 0 atom stereocenters. The Labute approximate surface area is 155 Å². The SMILES string of the molecule is CC(C)(CNC(=O)CCC1CCNCC1)c1c(F)cccc1Cl.Cl. The van der Waals surface area contributed by atoms with E-state index in [4.69, 9.17) is 11.6 Å². The van der Waals surface area contributed by atoms with E-state index < -0.39 is 5.41 Å². The highest BCUT2D eigenvalue weighted by atomic mass is 35.5. The number of amides is 1. The lowest BCUT2D eigenvalue weighted by atomic mass is 9.84. The zero-order chi connectivity index (χ0) is 16.9. The summed E-state index contributed by atoms with van der Waals surface area (Å²) in [5, 5.41) is 6.66. The van der Waals surface area contributed by atoms with Crippen molar-refractivity contribution in [2.24, 2.45) is 5.92 Å². The van der Waals surface area contributed by atoms with Crippen molar-refractivity contribution >= 4 is 29.9 Å². The first kappa shape index (κ1) is 21.2. The van der Waals surface area contributed by atoms with E-state index in [1.807, 2.05) is 13.8 Å². The Morgan fingerprint density at radius 1 is 1.38 bits per heavy atom. The maximum absolute atomic E-state index is 14.1. The summed E-state index contributed by atoms with van der Waals surface area (Å²) in [5.74, 6) is 0.339. The van der Waals surface area contributed by atoms with Gasteiger partial charge in [-0.3, -0.25) is 4.79 Å². The van der Waals surface area contributed by atoms with Gasteiger partial charge in [-0.2, -0.15) is 0 Å². The van der Waals surface area contributed by atoms with Crippen LogP contribution in [0.25, 0.3) is 0 Å². The molecule has 0 spiro atoms. The Kier molecular flexibility index (Phi) is 8.48. The van der Waals surface area contributed by atoms with Crippen molar-refractivity contribution in [3.8, 4) is 0 Å². The number of nitrogens with one attached hydrogen (secondary N) is 2. The smallest absolute Gasteiger partial charge is 0.220 e. The fourth-order valence-electron chi connectivity index (χ4n) is 3.15. The van der Waals surface area contributed by atoms with Crippen LogP contribution in [0.4, 0.5) is 4.39 Å². The van der Waals surface area contributed by atoms with Crippen LogP contribution in [0.2, 0.25) is 5.02 Å². The Hall–Kier alpha value is -0.840. The minimum atomic E-state index is -0.549. The molecular formula is C18H27Cl2FN2O. The monoisotopic (exact) mass is 376 g/mol. The molecule has 136 valence electrons. The summed E-state index contributed by atoms with van der Waals surface area (Å²) in [7, 11) is 0. The molecule has 1 aromatic rings. The van der Waals surface area contributed by atoms with E-state index in [0.717, 1.165) is 32.4 Å². The number of halogens is 3. The third-order valence-corrected chi connectivity index (χ3v) is 4.92. The largest absolute Gasteiger partial charge is 0.355 e. The highest BCUT2D eigenvalue weighted by molar-refractivity contribution is 6.31. The topological polar surface area (TPSA) is 41.1 Å². The fraction of sp³-hybridized carbons (Fsp3) is 0.611. The average molecular weight is 377 g/mol. The van der Waals surface area contributed by atoms with Crippen molar-refractivity contribution in [2.75, 3.05) is 19.6 Å². The van der Waals surface area contributed by atoms with Crippen LogP contribution in [-0.4, -0.2) is 25.5 Å². The number of rotatable bonds is 6. The summed E-state index contributed by atoms with van der Waals surface area (Å²) < 4.78 is 14.1. The van der Waals surface area contributed by atoms with Crippen molar-refractivity contribution in [1.82, 2.24) is 10.6 Å². The van der Waals surface area contributed by atoms with Crippen LogP contribution >= 0.6 is 24.0 Å². The standard InChI is InChI=1S/C18H26ClFN2O.ClH/c1-18(2,17-14(19)4-3-5-15(17)20)12-22-16(23)7-6-13-8-10-21-11-9-13;/h3-5,13,21H,6-12H2,1-2H3,(H,22,23);1H. The molecule has 1 aromatic carbocycles. The second-order valence-electron chi connectivity index (χ2n) is 6.99. The first-order valence-electron chi connectivity index (χ1n) is 8.32. The van der Waals surface area contributed by atoms with E-state index in [1.165, 1.54) is 6.07 Å². The Morgan fingerprint density at radius 3 is 2.67 bits per heavy atom. The van der Waals surface area contributed by atoms with Gasteiger partial charge in [0.1, 0.15) is 5.82 Å².